The number of halogens is 1. The van der Waals surface area contributed by atoms with Gasteiger partial charge in [-0.2, -0.15) is 0 Å². The van der Waals surface area contributed by atoms with Gasteiger partial charge in [-0.1, -0.05) is 31.0 Å². The fraction of sp³-hybridized carbons (Fsp3) is 0.579. The summed E-state index contributed by atoms with van der Waals surface area (Å²) in [5, 5.41) is 6.76. The lowest BCUT2D eigenvalue weighted by atomic mass is 10.2. The van der Waals surface area contributed by atoms with Gasteiger partial charge in [-0.15, -0.1) is 24.0 Å². The molecule has 1 aliphatic carbocycles. The SMILES string of the molecule is CN(C)C(=O)CN=C(NCCCOc1ccccc1)NC1CCCC1.I. The maximum atomic E-state index is 11.8. The van der Waals surface area contributed by atoms with Crippen molar-refractivity contribution in [3.05, 3.63) is 30.3 Å². The molecule has 0 bridgehead atoms. The van der Waals surface area contributed by atoms with Gasteiger partial charge in [0.1, 0.15) is 12.3 Å². The number of likely N-dealkylation sites (N-methyl/N-ethyl adjacent to an activating group) is 1. The predicted octanol–water partition coefficient (Wildman–Crippen LogP) is 2.64. The molecule has 0 aliphatic heterocycles. The summed E-state index contributed by atoms with van der Waals surface area (Å²) in [7, 11) is 3.49. The Kier molecular flexibility index (Phi) is 11.1. The van der Waals surface area contributed by atoms with Crippen LogP contribution in [0.5, 0.6) is 5.75 Å². The van der Waals surface area contributed by atoms with Crippen molar-refractivity contribution >= 4 is 35.8 Å². The standard InChI is InChI=1S/C19H30N4O2.HI/c1-23(2)18(24)15-21-19(22-16-9-6-7-10-16)20-13-8-14-25-17-11-4-3-5-12-17;/h3-5,11-12,16H,6-10,13-15H2,1-2H3,(H2,20,21,22);1H. The van der Waals surface area contributed by atoms with Gasteiger partial charge in [-0.3, -0.25) is 4.79 Å². The molecule has 0 heterocycles. The molecule has 1 aromatic carbocycles. The average molecular weight is 474 g/mol. The van der Waals surface area contributed by atoms with Crippen LogP contribution in [0.3, 0.4) is 0 Å². The van der Waals surface area contributed by atoms with Crippen LogP contribution in [-0.4, -0.2) is 56.6 Å². The molecule has 7 heteroatoms. The number of rotatable bonds is 8. The Bertz CT molecular complexity index is 546. The van der Waals surface area contributed by atoms with E-state index in [1.807, 2.05) is 30.3 Å². The van der Waals surface area contributed by atoms with Crippen LogP contribution in [0.1, 0.15) is 32.1 Å². The highest BCUT2D eigenvalue weighted by Gasteiger charge is 2.16. The molecule has 0 radical (unpaired) electrons. The van der Waals surface area contributed by atoms with E-state index in [4.69, 9.17) is 4.74 Å². The van der Waals surface area contributed by atoms with E-state index >= 15 is 0 Å². The predicted molar refractivity (Wildman–Crippen MR) is 116 cm³/mol. The zero-order valence-electron chi connectivity index (χ0n) is 15.7. The molecule has 0 atom stereocenters. The molecule has 2 N–H and O–H groups in total. The fourth-order valence-corrected chi connectivity index (χ4v) is 2.69. The van der Waals surface area contributed by atoms with Crippen molar-refractivity contribution in [2.75, 3.05) is 33.8 Å². The smallest absolute Gasteiger partial charge is 0.243 e. The highest BCUT2D eigenvalue weighted by Crippen LogP contribution is 2.17. The summed E-state index contributed by atoms with van der Waals surface area (Å²) in [6.45, 7) is 1.56. The molecular weight excluding hydrogens is 443 g/mol. The van der Waals surface area contributed by atoms with Crippen molar-refractivity contribution in [2.45, 2.75) is 38.1 Å². The van der Waals surface area contributed by atoms with Gasteiger partial charge in [0.05, 0.1) is 6.61 Å². The molecule has 26 heavy (non-hydrogen) atoms. The summed E-state index contributed by atoms with van der Waals surface area (Å²) in [5.74, 6) is 1.61. The number of benzene rings is 1. The van der Waals surface area contributed by atoms with E-state index in [9.17, 15) is 4.79 Å². The lowest BCUT2D eigenvalue weighted by molar-refractivity contribution is -0.127. The summed E-state index contributed by atoms with van der Waals surface area (Å²) in [6, 6.07) is 10.3. The molecule has 1 aliphatic rings. The number of nitrogens with one attached hydrogen (secondary N) is 2. The molecule has 1 amide bonds. The summed E-state index contributed by atoms with van der Waals surface area (Å²) in [4.78, 5) is 17.7. The highest BCUT2D eigenvalue weighted by molar-refractivity contribution is 14.0. The molecule has 1 aromatic rings. The summed E-state index contributed by atoms with van der Waals surface area (Å²) in [6.07, 6.45) is 5.71. The first-order chi connectivity index (χ1) is 12.1. The third kappa shape index (κ3) is 8.73. The van der Waals surface area contributed by atoms with Crippen LogP contribution in [0.25, 0.3) is 0 Å². The number of carbonyl (C=O) groups is 1. The second-order valence-electron chi connectivity index (χ2n) is 6.52. The van der Waals surface area contributed by atoms with Crippen LogP contribution in [-0.2, 0) is 4.79 Å². The topological polar surface area (TPSA) is 66.0 Å². The van der Waals surface area contributed by atoms with Crippen molar-refractivity contribution < 1.29 is 9.53 Å². The van der Waals surface area contributed by atoms with Gasteiger partial charge < -0.3 is 20.3 Å². The number of carbonyl (C=O) groups excluding carboxylic acids is 1. The maximum absolute atomic E-state index is 11.8. The van der Waals surface area contributed by atoms with E-state index in [-0.39, 0.29) is 36.4 Å². The van der Waals surface area contributed by atoms with E-state index in [1.54, 1.807) is 19.0 Å². The van der Waals surface area contributed by atoms with Crippen molar-refractivity contribution in [1.29, 1.82) is 0 Å². The van der Waals surface area contributed by atoms with Gasteiger partial charge in [-0.05, 0) is 31.4 Å². The van der Waals surface area contributed by atoms with Gasteiger partial charge in [0.2, 0.25) is 5.91 Å². The fourth-order valence-electron chi connectivity index (χ4n) is 2.69. The monoisotopic (exact) mass is 474 g/mol. The Morgan fingerprint density at radius 1 is 1.23 bits per heavy atom. The van der Waals surface area contributed by atoms with Crippen LogP contribution in [0.4, 0.5) is 0 Å². The minimum Gasteiger partial charge on any atom is -0.494 e. The zero-order valence-corrected chi connectivity index (χ0v) is 18.1. The molecule has 2 rings (SSSR count). The molecular formula is C19H31IN4O2. The lowest BCUT2D eigenvalue weighted by Gasteiger charge is -2.18. The Balaban J connectivity index is 0.00000338. The van der Waals surface area contributed by atoms with Crippen LogP contribution in [0.15, 0.2) is 35.3 Å². The Labute approximate surface area is 173 Å². The van der Waals surface area contributed by atoms with Crippen molar-refractivity contribution in [2.24, 2.45) is 4.99 Å². The van der Waals surface area contributed by atoms with E-state index < -0.39 is 0 Å². The molecule has 0 unspecified atom stereocenters. The van der Waals surface area contributed by atoms with E-state index in [2.05, 4.69) is 15.6 Å². The van der Waals surface area contributed by atoms with E-state index in [0.29, 0.717) is 12.6 Å². The number of nitrogens with zero attached hydrogens (tertiary/aromatic N) is 2. The molecule has 1 fully saturated rings. The van der Waals surface area contributed by atoms with Gasteiger partial charge in [0.25, 0.3) is 0 Å². The Hall–Kier alpha value is -1.51. The van der Waals surface area contributed by atoms with Crippen LogP contribution in [0, 0.1) is 0 Å². The molecule has 1 saturated carbocycles. The minimum absolute atomic E-state index is 0. The summed E-state index contributed by atoms with van der Waals surface area (Å²) < 4.78 is 5.69. The normalized spacial score (nSPS) is 14.5. The van der Waals surface area contributed by atoms with Crippen molar-refractivity contribution in [3.63, 3.8) is 0 Å². The summed E-state index contributed by atoms with van der Waals surface area (Å²) in [5.41, 5.74) is 0. The highest BCUT2D eigenvalue weighted by atomic mass is 127. The third-order valence-corrected chi connectivity index (χ3v) is 4.19. The Morgan fingerprint density at radius 2 is 1.92 bits per heavy atom. The van der Waals surface area contributed by atoms with E-state index in [0.717, 1.165) is 24.7 Å². The van der Waals surface area contributed by atoms with Gasteiger partial charge in [0.15, 0.2) is 5.96 Å². The first-order valence-corrected chi connectivity index (χ1v) is 9.08. The lowest BCUT2D eigenvalue weighted by Crippen LogP contribution is -2.43. The number of ether oxygens (including phenoxy) is 1. The van der Waals surface area contributed by atoms with Gasteiger partial charge in [0, 0.05) is 26.7 Å². The van der Waals surface area contributed by atoms with E-state index in [1.165, 1.54) is 25.7 Å². The number of para-hydroxylation sites is 1. The van der Waals surface area contributed by atoms with Crippen LogP contribution < -0.4 is 15.4 Å². The molecule has 146 valence electrons. The van der Waals surface area contributed by atoms with Crippen molar-refractivity contribution in [3.8, 4) is 5.75 Å². The first-order valence-electron chi connectivity index (χ1n) is 9.08. The zero-order chi connectivity index (χ0) is 17.9. The second-order valence-corrected chi connectivity index (χ2v) is 6.52. The van der Waals surface area contributed by atoms with Gasteiger partial charge in [-0.25, -0.2) is 4.99 Å². The first kappa shape index (κ1) is 22.5. The molecule has 0 spiro atoms. The van der Waals surface area contributed by atoms with Crippen LogP contribution in [0.2, 0.25) is 0 Å². The number of aliphatic imine (C=N–C) groups is 1. The molecule has 0 aromatic heterocycles. The number of amides is 1. The minimum atomic E-state index is -0.0000622. The average Bonchev–Trinajstić information content (AvgIpc) is 3.12. The van der Waals surface area contributed by atoms with Crippen molar-refractivity contribution in [1.82, 2.24) is 15.5 Å². The number of hydrogen-bond donors (Lipinski definition) is 2. The molecule has 6 nitrogen and oxygen atoms in total. The number of hydrogen-bond acceptors (Lipinski definition) is 3. The molecule has 0 saturated heterocycles. The second kappa shape index (κ2) is 12.8. The third-order valence-electron chi connectivity index (χ3n) is 4.19. The largest absolute Gasteiger partial charge is 0.494 e. The van der Waals surface area contributed by atoms with Gasteiger partial charge >= 0.3 is 0 Å². The van der Waals surface area contributed by atoms with Crippen LogP contribution >= 0.6 is 24.0 Å². The Morgan fingerprint density at radius 3 is 2.58 bits per heavy atom. The maximum Gasteiger partial charge on any atom is 0.243 e. The quantitative estimate of drug-likeness (QED) is 0.263. The number of guanidine groups is 1. The summed E-state index contributed by atoms with van der Waals surface area (Å²) >= 11 is 0.